The molecule has 8 nitrogen and oxygen atoms in total. The topological polar surface area (TPSA) is 93.0 Å². The molecule has 1 saturated carbocycles. The number of hydrogen-bond acceptors (Lipinski definition) is 6. The predicted molar refractivity (Wildman–Crippen MR) is 116 cm³/mol. The number of esters is 1. The minimum Gasteiger partial charge on any atom is -0.465 e. The third-order valence-electron chi connectivity index (χ3n) is 5.98. The number of carbonyl (C=O) groups is 3. The molecule has 3 aromatic rings. The van der Waals surface area contributed by atoms with Gasteiger partial charge in [0, 0.05) is 43.2 Å². The van der Waals surface area contributed by atoms with E-state index in [1.54, 1.807) is 41.3 Å². The molecule has 8 heteroatoms. The number of aromatic nitrogens is 1. The first kappa shape index (κ1) is 20.2. The molecule has 0 unspecified atom stereocenters. The van der Waals surface area contributed by atoms with Crippen LogP contribution in [-0.2, 0) is 9.53 Å². The first-order valence-corrected chi connectivity index (χ1v) is 10.7. The number of carbonyl (C=O) groups excluding carboxylic acids is 3. The number of oxazole rings is 1. The monoisotopic (exact) mass is 433 g/mol. The summed E-state index contributed by atoms with van der Waals surface area (Å²) in [5.74, 6) is 0.162. The highest BCUT2D eigenvalue weighted by atomic mass is 16.5. The second-order valence-electron chi connectivity index (χ2n) is 8.14. The van der Waals surface area contributed by atoms with Crippen LogP contribution in [0.25, 0.3) is 22.6 Å². The molecule has 5 rings (SSSR count). The van der Waals surface area contributed by atoms with Crippen LogP contribution < -0.4 is 0 Å². The highest BCUT2D eigenvalue weighted by Crippen LogP contribution is 2.31. The van der Waals surface area contributed by atoms with E-state index in [-0.39, 0.29) is 17.7 Å². The van der Waals surface area contributed by atoms with Gasteiger partial charge < -0.3 is 19.0 Å². The van der Waals surface area contributed by atoms with Crippen molar-refractivity contribution in [3.8, 4) is 11.5 Å². The molecule has 0 spiro atoms. The predicted octanol–water partition coefficient (Wildman–Crippen LogP) is 2.98. The van der Waals surface area contributed by atoms with Crippen molar-refractivity contribution >= 4 is 28.9 Å². The summed E-state index contributed by atoms with van der Waals surface area (Å²) < 4.78 is 10.7. The summed E-state index contributed by atoms with van der Waals surface area (Å²) in [6.45, 7) is 2.18. The van der Waals surface area contributed by atoms with Gasteiger partial charge in [0.25, 0.3) is 5.91 Å². The molecule has 1 saturated heterocycles. The molecule has 32 heavy (non-hydrogen) atoms. The van der Waals surface area contributed by atoms with Crippen LogP contribution in [0.1, 0.15) is 33.6 Å². The zero-order valence-electron chi connectivity index (χ0n) is 17.7. The van der Waals surface area contributed by atoms with Crippen LogP contribution in [0, 0.1) is 5.92 Å². The van der Waals surface area contributed by atoms with Crippen LogP contribution >= 0.6 is 0 Å². The van der Waals surface area contributed by atoms with Gasteiger partial charge in [-0.2, -0.15) is 0 Å². The van der Waals surface area contributed by atoms with E-state index in [1.165, 1.54) is 7.11 Å². The van der Waals surface area contributed by atoms with Crippen molar-refractivity contribution in [3.05, 3.63) is 53.6 Å². The Morgan fingerprint density at radius 2 is 1.72 bits per heavy atom. The van der Waals surface area contributed by atoms with Gasteiger partial charge in [0.2, 0.25) is 11.8 Å². The van der Waals surface area contributed by atoms with Crippen LogP contribution in [0.2, 0.25) is 0 Å². The second kappa shape index (κ2) is 8.11. The summed E-state index contributed by atoms with van der Waals surface area (Å²) in [4.78, 5) is 45.5. The Hall–Kier alpha value is -3.68. The molecular weight excluding hydrogens is 410 g/mol. The molecule has 1 aliphatic carbocycles. The number of rotatable bonds is 4. The second-order valence-corrected chi connectivity index (χ2v) is 8.14. The molecule has 0 N–H and O–H groups in total. The van der Waals surface area contributed by atoms with Crippen molar-refractivity contribution < 1.29 is 23.5 Å². The number of piperazine rings is 1. The minimum absolute atomic E-state index is 0.0864. The Balaban J connectivity index is 1.35. The summed E-state index contributed by atoms with van der Waals surface area (Å²) in [5, 5.41) is 0. The largest absolute Gasteiger partial charge is 0.465 e. The highest BCUT2D eigenvalue weighted by molar-refractivity contribution is 6.01. The van der Waals surface area contributed by atoms with Gasteiger partial charge in [-0.1, -0.05) is 12.1 Å². The fourth-order valence-corrected chi connectivity index (χ4v) is 4.03. The van der Waals surface area contributed by atoms with Gasteiger partial charge in [-0.15, -0.1) is 0 Å². The molecule has 2 aromatic carbocycles. The summed E-state index contributed by atoms with van der Waals surface area (Å²) in [5.41, 5.74) is 2.36. The van der Waals surface area contributed by atoms with Crippen molar-refractivity contribution in [1.29, 1.82) is 0 Å². The maximum Gasteiger partial charge on any atom is 0.341 e. The van der Waals surface area contributed by atoms with E-state index >= 15 is 0 Å². The number of benzene rings is 2. The zero-order chi connectivity index (χ0) is 22.2. The summed E-state index contributed by atoms with van der Waals surface area (Å²) in [7, 11) is 1.31. The van der Waals surface area contributed by atoms with Crippen LogP contribution in [0.5, 0.6) is 0 Å². The number of fused-ring (bicyclic) bond motifs is 1. The summed E-state index contributed by atoms with van der Waals surface area (Å²) >= 11 is 0. The number of ether oxygens (including phenoxy) is 1. The van der Waals surface area contributed by atoms with E-state index in [4.69, 9.17) is 9.15 Å². The van der Waals surface area contributed by atoms with Gasteiger partial charge in [-0.05, 0) is 43.2 Å². The maximum absolute atomic E-state index is 13.1. The van der Waals surface area contributed by atoms with Gasteiger partial charge in [0.15, 0.2) is 5.58 Å². The van der Waals surface area contributed by atoms with Gasteiger partial charge in [-0.3, -0.25) is 9.59 Å². The molecule has 0 bridgehead atoms. The molecule has 2 aliphatic rings. The van der Waals surface area contributed by atoms with Gasteiger partial charge in [-0.25, -0.2) is 9.78 Å². The molecule has 2 amide bonds. The number of nitrogens with zero attached hydrogens (tertiary/aromatic N) is 3. The van der Waals surface area contributed by atoms with E-state index in [0.29, 0.717) is 59.9 Å². The Bertz CT molecular complexity index is 1210. The van der Waals surface area contributed by atoms with Gasteiger partial charge >= 0.3 is 5.97 Å². The minimum atomic E-state index is -0.499. The Morgan fingerprint density at radius 3 is 2.44 bits per heavy atom. The van der Waals surface area contributed by atoms with E-state index in [2.05, 4.69) is 4.98 Å². The molecule has 2 fully saturated rings. The fourth-order valence-electron chi connectivity index (χ4n) is 4.03. The third-order valence-corrected chi connectivity index (χ3v) is 5.98. The quantitative estimate of drug-likeness (QED) is 0.588. The Morgan fingerprint density at radius 1 is 1.00 bits per heavy atom. The molecular formula is C24H23N3O5. The SMILES string of the molecule is COC(=O)c1cccc2nc(-c3cccc(C(=O)N4CCN(C(=O)C5CC5)CC4)c3)oc12. The Kier molecular flexibility index (Phi) is 5.13. The van der Waals surface area contributed by atoms with E-state index in [9.17, 15) is 14.4 Å². The number of methoxy groups -OCH3 is 1. The van der Waals surface area contributed by atoms with Crippen LogP contribution in [-0.4, -0.2) is 65.9 Å². The van der Waals surface area contributed by atoms with Crippen LogP contribution in [0.3, 0.4) is 0 Å². The van der Waals surface area contributed by atoms with Gasteiger partial charge in [0.05, 0.1) is 7.11 Å². The van der Waals surface area contributed by atoms with E-state index in [1.807, 2.05) is 11.0 Å². The first-order valence-electron chi connectivity index (χ1n) is 10.7. The highest BCUT2D eigenvalue weighted by Gasteiger charge is 2.35. The average Bonchev–Trinajstić information content (AvgIpc) is 3.60. The summed E-state index contributed by atoms with van der Waals surface area (Å²) in [6, 6.07) is 12.2. The fraction of sp³-hybridized carbons (Fsp3) is 0.333. The smallest absolute Gasteiger partial charge is 0.341 e. The Labute approximate surface area is 184 Å². The lowest BCUT2D eigenvalue weighted by atomic mass is 10.1. The zero-order valence-corrected chi connectivity index (χ0v) is 17.7. The normalized spacial score (nSPS) is 16.3. The molecule has 1 aromatic heterocycles. The van der Waals surface area contributed by atoms with Crippen molar-refractivity contribution in [2.45, 2.75) is 12.8 Å². The molecule has 2 heterocycles. The lowest BCUT2D eigenvalue weighted by Crippen LogP contribution is -2.51. The lowest BCUT2D eigenvalue weighted by Gasteiger charge is -2.35. The van der Waals surface area contributed by atoms with E-state index < -0.39 is 5.97 Å². The summed E-state index contributed by atoms with van der Waals surface area (Å²) in [6.07, 6.45) is 1.98. The van der Waals surface area contributed by atoms with Crippen molar-refractivity contribution in [3.63, 3.8) is 0 Å². The first-order chi connectivity index (χ1) is 15.5. The van der Waals surface area contributed by atoms with Crippen molar-refractivity contribution in [2.75, 3.05) is 33.3 Å². The molecule has 0 atom stereocenters. The van der Waals surface area contributed by atoms with Crippen molar-refractivity contribution in [1.82, 2.24) is 14.8 Å². The maximum atomic E-state index is 13.1. The molecule has 164 valence electrons. The van der Waals surface area contributed by atoms with Gasteiger partial charge in [0.1, 0.15) is 11.1 Å². The average molecular weight is 433 g/mol. The number of amides is 2. The molecule has 1 aliphatic heterocycles. The molecule has 0 radical (unpaired) electrons. The van der Waals surface area contributed by atoms with Crippen LogP contribution in [0.15, 0.2) is 46.9 Å². The number of para-hydroxylation sites is 1. The third kappa shape index (κ3) is 3.72. The van der Waals surface area contributed by atoms with E-state index in [0.717, 1.165) is 12.8 Å². The standard InChI is InChI=1S/C24H23N3O5/c1-31-24(30)18-6-3-7-19-20(18)32-21(25-19)16-4-2-5-17(14-16)23(29)27-12-10-26(11-13-27)22(28)15-8-9-15/h2-7,14-15H,8-13H2,1H3. The lowest BCUT2D eigenvalue weighted by molar-refractivity contribution is -0.134. The number of hydrogen-bond donors (Lipinski definition) is 0. The van der Waals surface area contributed by atoms with Crippen molar-refractivity contribution in [2.24, 2.45) is 5.92 Å². The van der Waals surface area contributed by atoms with Crippen LogP contribution in [0.4, 0.5) is 0 Å².